The molecule has 0 saturated carbocycles. The number of benzene rings is 1. The number of nitrogens with zero attached hydrogens (tertiary/aromatic N) is 1. The summed E-state index contributed by atoms with van der Waals surface area (Å²) >= 11 is 2.27. The maximum Gasteiger partial charge on any atom is 0.149 e. The zero-order valence-corrected chi connectivity index (χ0v) is 11.7. The number of fused-ring (bicyclic) bond motifs is 1. The van der Waals surface area contributed by atoms with E-state index < -0.39 is 0 Å². The molecule has 0 spiro atoms. The van der Waals surface area contributed by atoms with E-state index in [1.165, 1.54) is 5.56 Å². The van der Waals surface area contributed by atoms with E-state index >= 15 is 0 Å². The lowest BCUT2D eigenvalue weighted by Crippen LogP contribution is -1.96. The maximum atomic E-state index is 5.54. The molecule has 1 aliphatic rings. The highest BCUT2D eigenvalue weighted by Gasteiger charge is 2.22. The minimum Gasteiger partial charge on any atom is -0.481 e. The van der Waals surface area contributed by atoms with Crippen LogP contribution < -0.4 is 4.74 Å². The summed E-state index contributed by atoms with van der Waals surface area (Å²) in [7, 11) is 0. The molecule has 2 rings (SSSR count). The highest BCUT2D eigenvalue weighted by molar-refractivity contribution is 14.1. The quantitative estimate of drug-likeness (QED) is 0.355. The smallest absolute Gasteiger partial charge is 0.149 e. The summed E-state index contributed by atoms with van der Waals surface area (Å²) in [5, 5.41) is 0. The lowest BCUT2D eigenvalue weighted by atomic mass is 10.1. The minimum absolute atomic E-state index is 0.427. The molecule has 0 N–H and O–H groups in total. The van der Waals surface area contributed by atoms with Gasteiger partial charge in [0.2, 0.25) is 0 Å². The fourth-order valence-corrected chi connectivity index (χ4v) is 2.53. The van der Waals surface area contributed by atoms with Crippen molar-refractivity contribution in [3.8, 4) is 17.6 Å². The first-order valence-corrected chi connectivity index (χ1v) is 6.22. The molecular formula is C14H12INO. The Hall–Kier alpha value is -1.37. The van der Waals surface area contributed by atoms with Gasteiger partial charge in [-0.05, 0) is 24.6 Å². The lowest BCUT2D eigenvalue weighted by Gasteiger charge is -2.07. The summed E-state index contributed by atoms with van der Waals surface area (Å²) in [6.07, 6.45) is 0. The molecule has 2 nitrogen and oxygen atoms in total. The summed E-state index contributed by atoms with van der Waals surface area (Å²) in [5.74, 6) is 6.52. The van der Waals surface area contributed by atoms with E-state index in [9.17, 15) is 0 Å². The highest BCUT2D eigenvalue weighted by atomic mass is 127. The van der Waals surface area contributed by atoms with E-state index in [1.807, 2.05) is 12.1 Å². The van der Waals surface area contributed by atoms with E-state index in [-0.39, 0.29) is 0 Å². The molecule has 1 aliphatic heterocycles. The average molecular weight is 337 g/mol. The first kappa shape index (κ1) is 12.1. The molecule has 0 saturated heterocycles. The summed E-state index contributed by atoms with van der Waals surface area (Å²) in [5.41, 5.74) is 6.41. The Morgan fingerprint density at radius 2 is 2.35 bits per heavy atom. The highest BCUT2D eigenvalue weighted by Crippen LogP contribution is 2.36. The van der Waals surface area contributed by atoms with Gasteiger partial charge in [0, 0.05) is 5.56 Å². The third kappa shape index (κ3) is 2.49. The van der Waals surface area contributed by atoms with Gasteiger partial charge in [-0.3, -0.25) is 0 Å². The van der Waals surface area contributed by atoms with Crippen molar-refractivity contribution in [1.82, 2.24) is 3.11 Å². The van der Waals surface area contributed by atoms with Crippen LogP contribution in [0.4, 0.5) is 0 Å². The van der Waals surface area contributed by atoms with Crippen molar-refractivity contribution < 1.29 is 4.74 Å². The van der Waals surface area contributed by atoms with Crippen LogP contribution in [0.1, 0.15) is 18.1 Å². The Balaban J connectivity index is 2.28. The second kappa shape index (κ2) is 5.31. The fourth-order valence-electron chi connectivity index (χ4n) is 1.74. The van der Waals surface area contributed by atoms with Crippen molar-refractivity contribution in [3.63, 3.8) is 0 Å². The summed E-state index contributed by atoms with van der Waals surface area (Å²) in [6.45, 7) is 6.85. The molecule has 0 bridgehead atoms. The maximum absolute atomic E-state index is 5.54. The number of hydrogen-bond acceptors (Lipinski definition) is 2. The van der Waals surface area contributed by atoms with E-state index in [0.29, 0.717) is 6.61 Å². The van der Waals surface area contributed by atoms with E-state index in [4.69, 9.17) is 4.74 Å². The lowest BCUT2D eigenvalue weighted by molar-refractivity contribution is 0.370. The van der Waals surface area contributed by atoms with Gasteiger partial charge in [0.15, 0.2) is 0 Å². The molecule has 3 heteroatoms. The normalized spacial score (nSPS) is 12.6. The first-order chi connectivity index (χ1) is 8.26. The topological polar surface area (TPSA) is 12.5 Å². The Morgan fingerprint density at radius 1 is 1.53 bits per heavy atom. The number of ether oxygens (including phenoxy) is 1. The van der Waals surface area contributed by atoms with Crippen molar-refractivity contribution in [2.45, 2.75) is 13.5 Å². The summed E-state index contributed by atoms with van der Waals surface area (Å²) in [6, 6.07) is 6.09. The Morgan fingerprint density at radius 3 is 3.06 bits per heavy atom. The average Bonchev–Trinajstić information content (AvgIpc) is 2.64. The molecule has 1 heterocycles. The molecule has 1 aromatic carbocycles. The third-order valence-corrected chi connectivity index (χ3v) is 3.37. The van der Waals surface area contributed by atoms with Crippen LogP contribution >= 0.6 is 22.9 Å². The standard InChI is InChI=1S/C14H12INO/c1-3-5-8-17-12-7-6-11-10-16(15)14(4-2)13(11)9-12/h6-7,9H,2,8,10H2,1H3. The van der Waals surface area contributed by atoms with Crippen molar-refractivity contribution >= 4 is 28.6 Å². The van der Waals surface area contributed by atoms with Crippen LogP contribution in [0.2, 0.25) is 0 Å². The zero-order chi connectivity index (χ0) is 12.3. The van der Waals surface area contributed by atoms with Gasteiger partial charge in [-0.25, -0.2) is 0 Å². The summed E-state index contributed by atoms with van der Waals surface area (Å²) in [4.78, 5) is 0. The molecule has 0 radical (unpaired) electrons. The number of hydrogen-bond donors (Lipinski definition) is 0. The van der Waals surface area contributed by atoms with Crippen LogP contribution in [0.25, 0.3) is 5.70 Å². The van der Waals surface area contributed by atoms with Gasteiger partial charge in [-0.2, -0.15) is 0 Å². The third-order valence-electron chi connectivity index (χ3n) is 2.54. The van der Waals surface area contributed by atoms with Gasteiger partial charge in [0.25, 0.3) is 0 Å². The minimum atomic E-state index is 0.427. The number of halogens is 1. The molecule has 17 heavy (non-hydrogen) atoms. The Labute approximate surface area is 115 Å². The van der Waals surface area contributed by atoms with Crippen molar-refractivity contribution in [1.29, 1.82) is 0 Å². The van der Waals surface area contributed by atoms with Crippen LogP contribution in [0.5, 0.6) is 5.75 Å². The van der Waals surface area contributed by atoms with Crippen LogP contribution in [-0.4, -0.2) is 9.72 Å². The summed E-state index contributed by atoms with van der Waals surface area (Å²) < 4.78 is 7.65. The Kier molecular flexibility index (Phi) is 3.78. The fraction of sp³-hybridized carbons (Fsp3) is 0.214. The predicted octanol–water partition coefficient (Wildman–Crippen LogP) is 3.38. The van der Waals surface area contributed by atoms with Gasteiger partial charge in [0.05, 0.1) is 35.1 Å². The molecule has 0 aromatic heterocycles. The Bertz CT molecular complexity index is 547. The van der Waals surface area contributed by atoms with Gasteiger partial charge in [-0.15, -0.1) is 11.7 Å². The molecule has 0 atom stereocenters. The van der Waals surface area contributed by atoms with Crippen LogP contribution in [-0.2, 0) is 6.54 Å². The van der Waals surface area contributed by atoms with Gasteiger partial charge in [-0.1, -0.05) is 18.6 Å². The molecule has 86 valence electrons. The van der Waals surface area contributed by atoms with Crippen LogP contribution in [0.15, 0.2) is 30.5 Å². The van der Waals surface area contributed by atoms with Crippen LogP contribution in [0.3, 0.4) is 0 Å². The SMILES string of the molecule is C=C=C1c2cc(OCC#CC)ccc2CN1I. The second-order valence-corrected chi connectivity index (χ2v) is 4.74. The monoisotopic (exact) mass is 337 g/mol. The van der Waals surface area contributed by atoms with E-state index in [0.717, 1.165) is 23.6 Å². The molecule has 0 aliphatic carbocycles. The van der Waals surface area contributed by atoms with E-state index in [1.54, 1.807) is 6.92 Å². The van der Waals surface area contributed by atoms with Crippen molar-refractivity contribution in [2.75, 3.05) is 6.61 Å². The van der Waals surface area contributed by atoms with Gasteiger partial charge in [0.1, 0.15) is 12.4 Å². The molecule has 0 fully saturated rings. The van der Waals surface area contributed by atoms with E-state index in [2.05, 4.69) is 56.2 Å². The predicted molar refractivity (Wildman–Crippen MR) is 77.5 cm³/mol. The molecule has 0 unspecified atom stereocenters. The van der Waals surface area contributed by atoms with Gasteiger partial charge < -0.3 is 7.85 Å². The number of rotatable bonds is 2. The van der Waals surface area contributed by atoms with Crippen molar-refractivity contribution in [2.24, 2.45) is 0 Å². The molecular weight excluding hydrogens is 325 g/mol. The van der Waals surface area contributed by atoms with Gasteiger partial charge >= 0.3 is 0 Å². The molecule has 1 aromatic rings. The zero-order valence-electron chi connectivity index (χ0n) is 9.59. The van der Waals surface area contributed by atoms with Crippen molar-refractivity contribution in [3.05, 3.63) is 41.6 Å². The largest absolute Gasteiger partial charge is 0.481 e. The molecule has 0 amide bonds. The first-order valence-electron chi connectivity index (χ1n) is 5.25. The second-order valence-electron chi connectivity index (χ2n) is 3.58. The van der Waals surface area contributed by atoms with Crippen LogP contribution in [0, 0.1) is 11.8 Å².